The van der Waals surface area contributed by atoms with Gasteiger partial charge in [-0.05, 0) is 49.7 Å². The molecule has 1 N–H and O–H groups in total. The van der Waals surface area contributed by atoms with Gasteiger partial charge in [0.2, 0.25) is 0 Å². The predicted octanol–water partition coefficient (Wildman–Crippen LogP) is 2.61. The predicted molar refractivity (Wildman–Crippen MR) is 114 cm³/mol. The quantitative estimate of drug-likeness (QED) is 0.588. The van der Waals surface area contributed by atoms with Gasteiger partial charge in [-0.25, -0.2) is 0 Å². The van der Waals surface area contributed by atoms with Crippen molar-refractivity contribution in [3.63, 3.8) is 0 Å². The molecule has 6 nitrogen and oxygen atoms in total. The number of fused-ring (bicyclic) bond motifs is 2. The van der Waals surface area contributed by atoms with E-state index in [2.05, 4.69) is 15.1 Å². The highest BCUT2D eigenvalue weighted by Gasteiger charge is 2.42. The standard InChI is InChI=1S/C23H36N4O2/c1-2-21(29-12-1)5-7-24-23(25-16-19-6-13-28-17-19)27-10-8-26(9-11-27)22-15-18-3-4-20(22)14-18/h1-2,12,18-20,22H,3-11,13-17H2,(H,24,25). The average Bonchev–Trinajstić information content (AvgIpc) is 3.56. The van der Waals surface area contributed by atoms with E-state index in [1.807, 2.05) is 12.1 Å². The number of rotatable bonds is 6. The van der Waals surface area contributed by atoms with E-state index in [4.69, 9.17) is 14.1 Å². The zero-order valence-corrected chi connectivity index (χ0v) is 17.6. The van der Waals surface area contributed by atoms with Crippen LogP contribution < -0.4 is 5.32 Å². The van der Waals surface area contributed by atoms with Gasteiger partial charge in [0.1, 0.15) is 5.76 Å². The number of piperazine rings is 1. The summed E-state index contributed by atoms with van der Waals surface area (Å²) in [6.45, 7) is 8.02. The number of furan rings is 1. The Hall–Kier alpha value is -1.53. The maximum Gasteiger partial charge on any atom is 0.194 e. The molecular weight excluding hydrogens is 364 g/mol. The van der Waals surface area contributed by atoms with Gasteiger partial charge in [-0.15, -0.1) is 0 Å². The first-order chi connectivity index (χ1) is 14.3. The second-order valence-electron chi connectivity index (χ2n) is 9.42. The van der Waals surface area contributed by atoms with Crippen LogP contribution in [0.15, 0.2) is 27.8 Å². The van der Waals surface area contributed by atoms with E-state index < -0.39 is 0 Å². The minimum absolute atomic E-state index is 0.576. The molecule has 1 aromatic rings. The van der Waals surface area contributed by atoms with Gasteiger partial charge >= 0.3 is 0 Å². The maximum atomic E-state index is 5.54. The second kappa shape index (κ2) is 9.09. The van der Waals surface area contributed by atoms with Gasteiger partial charge < -0.3 is 19.4 Å². The lowest BCUT2D eigenvalue weighted by Gasteiger charge is -2.42. The van der Waals surface area contributed by atoms with Crippen LogP contribution in [-0.2, 0) is 11.2 Å². The van der Waals surface area contributed by atoms with E-state index in [0.29, 0.717) is 5.92 Å². The highest BCUT2D eigenvalue weighted by molar-refractivity contribution is 5.80. The molecule has 0 amide bonds. The average molecular weight is 401 g/mol. The monoisotopic (exact) mass is 400 g/mol. The third kappa shape index (κ3) is 4.64. The molecule has 4 unspecified atom stereocenters. The molecule has 5 rings (SSSR count). The number of hydrogen-bond acceptors (Lipinski definition) is 4. The molecule has 0 radical (unpaired) electrons. The molecule has 2 aliphatic carbocycles. The van der Waals surface area contributed by atoms with E-state index in [0.717, 1.165) is 81.8 Å². The van der Waals surface area contributed by atoms with Gasteiger partial charge in [0.25, 0.3) is 0 Å². The summed E-state index contributed by atoms with van der Waals surface area (Å²) >= 11 is 0. The topological polar surface area (TPSA) is 53.2 Å². The Labute approximate surface area is 174 Å². The number of aliphatic imine (C=N–C) groups is 1. The molecule has 2 bridgehead atoms. The van der Waals surface area contributed by atoms with Gasteiger partial charge in [0, 0.05) is 64.3 Å². The van der Waals surface area contributed by atoms with Gasteiger partial charge in [-0.3, -0.25) is 9.89 Å². The fourth-order valence-corrected chi connectivity index (χ4v) is 5.89. The van der Waals surface area contributed by atoms with Crippen LogP contribution in [0.4, 0.5) is 0 Å². The van der Waals surface area contributed by atoms with Crippen LogP contribution in [0.3, 0.4) is 0 Å². The van der Waals surface area contributed by atoms with Crippen LogP contribution in [0.5, 0.6) is 0 Å². The summed E-state index contributed by atoms with van der Waals surface area (Å²) < 4.78 is 11.0. The van der Waals surface area contributed by atoms with Gasteiger partial charge in [0.05, 0.1) is 12.9 Å². The minimum Gasteiger partial charge on any atom is -0.469 e. The van der Waals surface area contributed by atoms with Crippen LogP contribution >= 0.6 is 0 Å². The number of nitrogens with zero attached hydrogens (tertiary/aromatic N) is 3. The number of ether oxygens (including phenoxy) is 1. The van der Waals surface area contributed by atoms with Crippen LogP contribution in [0, 0.1) is 17.8 Å². The van der Waals surface area contributed by atoms with E-state index in [1.165, 1.54) is 38.8 Å². The molecule has 29 heavy (non-hydrogen) atoms. The zero-order chi connectivity index (χ0) is 19.5. The lowest BCUT2D eigenvalue weighted by atomic mass is 9.93. The van der Waals surface area contributed by atoms with Crippen molar-refractivity contribution in [3.8, 4) is 0 Å². The molecule has 2 aliphatic heterocycles. The fraction of sp³-hybridized carbons (Fsp3) is 0.783. The Morgan fingerprint density at radius 1 is 1.14 bits per heavy atom. The molecule has 3 heterocycles. The number of hydrogen-bond donors (Lipinski definition) is 1. The maximum absolute atomic E-state index is 5.54. The molecule has 160 valence electrons. The molecule has 2 saturated heterocycles. The van der Waals surface area contributed by atoms with Crippen molar-refractivity contribution in [1.82, 2.24) is 15.1 Å². The van der Waals surface area contributed by atoms with Crippen molar-refractivity contribution in [2.75, 3.05) is 52.5 Å². The van der Waals surface area contributed by atoms with Crippen LogP contribution in [0.25, 0.3) is 0 Å². The lowest BCUT2D eigenvalue weighted by Crippen LogP contribution is -2.55. The molecule has 4 aliphatic rings. The Morgan fingerprint density at radius 2 is 2.07 bits per heavy atom. The third-order valence-corrected chi connectivity index (χ3v) is 7.54. The molecule has 0 aromatic carbocycles. The molecule has 1 aromatic heterocycles. The van der Waals surface area contributed by atoms with Gasteiger partial charge in [0.15, 0.2) is 5.96 Å². The Morgan fingerprint density at radius 3 is 2.76 bits per heavy atom. The summed E-state index contributed by atoms with van der Waals surface area (Å²) in [6, 6.07) is 4.86. The first-order valence-corrected chi connectivity index (χ1v) is 11.7. The summed E-state index contributed by atoms with van der Waals surface area (Å²) in [6.07, 6.45) is 9.69. The highest BCUT2D eigenvalue weighted by atomic mass is 16.5. The van der Waals surface area contributed by atoms with E-state index in [1.54, 1.807) is 6.26 Å². The van der Waals surface area contributed by atoms with E-state index >= 15 is 0 Å². The van der Waals surface area contributed by atoms with Gasteiger partial charge in [-0.2, -0.15) is 0 Å². The Bertz CT molecular complexity index is 662. The fourth-order valence-electron chi connectivity index (χ4n) is 5.89. The molecule has 0 spiro atoms. The van der Waals surface area contributed by atoms with Crippen molar-refractivity contribution >= 4 is 5.96 Å². The normalized spacial score (nSPS) is 33.0. The third-order valence-electron chi connectivity index (χ3n) is 7.54. The SMILES string of the molecule is c1coc(CCNC(=NCC2CCOC2)N2CCN(C3CC4CCC3C4)CC2)c1. The molecule has 4 atom stereocenters. The Balaban J connectivity index is 1.16. The lowest BCUT2D eigenvalue weighted by molar-refractivity contribution is 0.0957. The van der Waals surface area contributed by atoms with Crippen LogP contribution in [-0.4, -0.2) is 74.3 Å². The minimum atomic E-state index is 0.576. The summed E-state index contributed by atoms with van der Waals surface area (Å²) in [5.41, 5.74) is 0. The summed E-state index contributed by atoms with van der Waals surface area (Å²) in [4.78, 5) is 10.3. The van der Waals surface area contributed by atoms with E-state index in [-0.39, 0.29) is 0 Å². The molecule has 6 heteroatoms. The number of nitrogens with one attached hydrogen (secondary N) is 1. The molecule has 2 saturated carbocycles. The highest BCUT2D eigenvalue weighted by Crippen LogP contribution is 2.46. The summed E-state index contributed by atoms with van der Waals surface area (Å²) in [5.74, 6) is 4.69. The van der Waals surface area contributed by atoms with Crippen molar-refractivity contribution in [2.45, 2.75) is 44.6 Å². The summed E-state index contributed by atoms with van der Waals surface area (Å²) in [7, 11) is 0. The van der Waals surface area contributed by atoms with Gasteiger partial charge in [-0.1, -0.05) is 6.42 Å². The summed E-state index contributed by atoms with van der Waals surface area (Å²) in [5, 5.41) is 3.62. The largest absolute Gasteiger partial charge is 0.469 e. The van der Waals surface area contributed by atoms with Crippen LogP contribution in [0.1, 0.15) is 37.9 Å². The smallest absolute Gasteiger partial charge is 0.194 e. The van der Waals surface area contributed by atoms with Crippen molar-refractivity contribution < 1.29 is 9.15 Å². The molecular formula is C23H36N4O2. The molecule has 4 fully saturated rings. The van der Waals surface area contributed by atoms with Crippen LogP contribution in [0.2, 0.25) is 0 Å². The first-order valence-electron chi connectivity index (χ1n) is 11.7. The van der Waals surface area contributed by atoms with Crippen molar-refractivity contribution in [2.24, 2.45) is 22.7 Å². The van der Waals surface area contributed by atoms with Crippen molar-refractivity contribution in [1.29, 1.82) is 0 Å². The van der Waals surface area contributed by atoms with E-state index in [9.17, 15) is 0 Å². The first kappa shape index (κ1) is 19.4. The number of guanidine groups is 1. The Kier molecular flexibility index (Phi) is 6.09. The van der Waals surface area contributed by atoms with Crippen molar-refractivity contribution in [3.05, 3.63) is 24.2 Å². The zero-order valence-electron chi connectivity index (χ0n) is 17.6. The second-order valence-corrected chi connectivity index (χ2v) is 9.42.